The van der Waals surface area contributed by atoms with Crippen LogP contribution in [0.25, 0.3) is 0 Å². The molecule has 0 N–H and O–H groups in total. The Morgan fingerprint density at radius 2 is 2.18 bits per heavy atom. The molecule has 0 heterocycles. The minimum absolute atomic E-state index is 0.205. The zero-order valence-corrected chi connectivity index (χ0v) is 9.34. The van der Waals surface area contributed by atoms with Crippen LogP contribution < -0.4 is 5.26 Å². The van der Waals surface area contributed by atoms with Crippen LogP contribution >= 0.6 is 12.0 Å². The summed E-state index contributed by atoms with van der Waals surface area (Å²) in [4.78, 5) is 22.2. The highest BCUT2D eigenvalue weighted by molar-refractivity contribution is 7.96. The number of ketones is 1. The molecule has 9 heteroatoms. The van der Waals surface area contributed by atoms with Crippen molar-refractivity contribution in [2.45, 2.75) is 37.0 Å². The van der Waals surface area contributed by atoms with E-state index in [1.165, 1.54) is 0 Å². The summed E-state index contributed by atoms with van der Waals surface area (Å²) < 4.78 is 33.6. The first kappa shape index (κ1) is 14.3. The SMILES string of the molecule is O=C1CCCCC1OC(=O)C(F)(F)SOO[O-]. The molecule has 1 aliphatic rings. The summed E-state index contributed by atoms with van der Waals surface area (Å²) in [5.74, 6) is -2.31. The molecule has 0 aromatic heterocycles. The van der Waals surface area contributed by atoms with E-state index in [9.17, 15) is 23.6 Å². The Balaban J connectivity index is 2.49. The summed E-state index contributed by atoms with van der Waals surface area (Å²) in [6, 6.07) is 0. The minimum Gasteiger partial charge on any atom is -0.691 e. The van der Waals surface area contributed by atoms with Gasteiger partial charge in [-0.1, -0.05) is 0 Å². The van der Waals surface area contributed by atoms with Gasteiger partial charge in [-0.2, -0.15) is 13.1 Å². The summed E-state index contributed by atoms with van der Waals surface area (Å²) in [6.45, 7) is 0. The van der Waals surface area contributed by atoms with Crippen molar-refractivity contribution in [1.82, 2.24) is 0 Å². The molecule has 0 aromatic rings. The number of hydrogen-bond acceptors (Lipinski definition) is 7. The Bertz CT molecular complexity index is 298. The van der Waals surface area contributed by atoms with Crippen molar-refractivity contribution in [1.29, 1.82) is 0 Å². The first-order chi connectivity index (χ1) is 7.97. The number of Topliss-reactive ketones (excluding diaryl/α,β-unsaturated/α-hetero) is 1. The van der Waals surface area contributed by atoms with Gasteiger partial charge in [0.15, 0.2) is 11.9 Å². The van der Waals surface area contributed by atoms with E-state index >= 15 is 0 Å². The van der Waals surface area contributed by atoms with Crippen LogP contribution in [0, 0.1) is 0 Å². The van der Waals surface area contributed by atoms with Crippen LogP contribution in [0.2, 0.25) is 0 Å². The maximum atomic E-state index is 12.9. The van der Waals surface area contributed by atoms with Crippen molar-refractivity contribution in [3.05, 3.63) is 0 Å². The molecule has 1 atom stereocenters. The molecule has 1 unspecified atom stereocenters. The van der Waals surface area contributed by atoms with Crippen LogP contribution in [0.1, 0.15) is 25.7 Å². The van der Waals surface area contributed by atoms with Crippen molar-refractivity contribution < 1.29 is 37.7 Å². The van der Waals surface area contributed by atoms with Crippen LogP contribution in [0.3, 0.4) is 0 Å². The molecule has 1 saturated carbocycles. The Morgan fingerprint density at radius 3 is 2.76 bits per heavy atom. The zero-order chi connectivity index (χ0) is 12.9. The first-order valence-corrected chi connectivity index (χ1v) is 5.47. The third-order valence-electron chi connectivity index (χ3n) is 2.15. The van der Waals surface area contributed by atoms with Crippen LogP contribution in [-0.2, 0) is 23.7 Å². The standard InChI is InChI=1S/C8H10F2O6S/c9-8(10,17-16-15-13)7(12)14-6-4-2-1-3-5(6)11/h6,13H,1-4H2/p-1. The molecular weight excluding hydrogens is 262 g/mol. The highest BCUT2D eigenvalue weighted by Crippen LogP contribution is 2.32. The van der Waals surface area contributed by atoms with Gasteiger partial charge in [-0.15, -0.1) is 0 Å². The van der Waals surface area contributed by atoms with Gasteiger partial charge in [-0.05, 0) is 19.3 Å². The molecule has 0 radical (unpaired) electrons. The number of rotatable bonds is 5. The lowest BCUT2D eigenvalue weighted by Crippen LogP contribution is -2.36. The summed E-state index contributed by atoms with van der Waals surface area (Å²) in [6.07, 6.45) is 0.574. The lowest BCUT2D eigenvalue weighted by molar-refractivity contribution is -0.777. The van der Waals surface area contributed by atoms with E-state index in [4.69, 9.17) is 0 Å². The predicted molar refractivity (Wildman–Crippen MR) is 48.1 cm³/mol. The number of ether oxygens (including phenoxy) is 1. The average molecular weight is 271 g/mol. The number of hydrogen-bond donors (Lipinski definition) is 0. The van der Waals surface area contributed by atoms with Gasteiger partial charge >= 0.3 is 11.2 Å². The summed E-state index contributed by atoms with van der Waals surface area (Å²) in [5, 5.41) is 7.96. The maximum Gasteiger partial charge on any atom is 0.415 e. The van der Waals surface area contributed by atoms with Crippen LogP contribution in [-0.4, -0.2) is 23.1 Å². The fourth-order valence-electron chi connectivity index (χ4n) is 1.36. The largest absolute Gasteiger partial charge is 0.691 e. The molecule has 17 heavy (non-hydrogen) atoms. The number of carbonyl (C=O) groups excluding carboxylic acids is 2. The third-order valence-corrected chi connectivity index (χ3v) is 2.65. The van der Waals surface area contributed by atoms with E-state index in [-0.39, 0.29) is 18.6 Å². The van der Waals surface area contributed by atoms with E-state index in [1.54, 1.807) is 0 Å². The second-order valence-corrected chi connectivity index (χ2v) is 4.16. The van der Waals surface area contributed by atoms with Gasteiger partial charge < -0.3 is 9.99 Å². The molecule has 0 spiro atoms. The molecule has 0 bridgehead atoms. The van der Waals surface area contributed by atoms with Crippen molar-refractivity contribution >= 4 is 23.8 Å². The molecular formula is C8H9F2O6S-. The quantitative estimate of drug-likeness (QED) is 0.311. The van der Waals surface area contributed by atoms with E-state index in [1.807, 2.05) is 0 Å². The number of esters is 1. The number of halogens is 2. The van der Waals surface area contributed by atoms with E-state index in [0.717, 1.165) is 0 Å². The van der Waals surface area contributed by atoms with Gasteiger partial charge in [0.25, 0.3) is 0 Å². The predicted octanol–water partition coefficient (Wildman–Crippen LogP) is 0.506. The lowest BCUT2D eigenvalue weighted by atomic mass is 9.96. The molecule has 1 fully saturated rings. The maximum absolute atomic E-state index is 12.9. The molecule has 1 aliphatic carbocycles. The molecule has 6 nitrogen and oxygen atoms in total. The van der Waals surface area contributed by atoms with Gasteiger partial charge in [0.1, 0.15) is 12.0 Å². The van der Waals surface area contributed by atoms with Crippen LogP contribution in [0.5, 0.6) is 0 Å². The van der Waals surface area contributed by atoms with Gasteiger partial charge in [-0.3, -0.25) is 9.83 Å². The van der Waals surface area contributed by atoms with Crippen molar-refractivity contribution in [3.63, 3.8) is 0 Å². The van der Waals surface area contributed by atoms with Crippen molar-refractivity contribution in [2.24, 2.45) is 0 Å². The topological polar surface area (TPSA) is 84.9 Å². The number of alkyl halides is 2. The summed E-state index contributed by atoms with van der Waals surface area (Å²) in [7, 11) is 0. The highest BCUT2D eigenvalue weighted by atomic mass is 32.2. The van der Waals surface area contributed by atoms with Crippen molar-refractivity contribution in [2.75, 3.05) is 0 Å². The smallest absolute Gasteiger partial charge is 0.415 e. The van der Waals surface area contributed by atoms with E-state index < -0.39 is 29.4 Å². The molecule has 1 rings (SSSR count). The Labute approximate surface area is 99.3 Å². The second kappa shape index (κ2) is 6.24. The first-order valence-electron chi connectivity index (χ1n) is 4.73. The lowest BCUT2D eigenvalue weighted by Gasteiger charge is -2.22. The van der Waals surface area contributed by atoms with Crippen LogP contribution in [0.15, 0.2) is 0 Å². The summed E-state index contributed by atoms with van der Waals surface area (Å²) >= 11 is -0.777. The van der Waals surface area contributed by atoms with Crippen molar-refractivity contribution in [3.8, 4) is 0 Å². The Kier molecular flexibility index (Phi) is 5.25. The van der Waals surface area contributed by atoms with E-state index in [2.05, 4.69) is 14.1 Å². The van der Waals surface area contributed by atoms with Gasteiger partial charge in [-0.25, -0.2) is 4.79 Å². The zero-order valence-electron chi connectivity index (χ0n) is 8.52. The average Bonchev–Trinajstić information content (AvgIpc) is 2.29. The molecule has 98 valence electrons. The highest BCUT2D eigenvalue weighted by Gasteiger charge is 2.45. The fourth-order valence-corrected chi connectivity index (χ4v) is 1.59. The molecule has 0 amide bonds. The molecule has 0 saturated heterocycles. The fraction of sp³-hybridized carbons (Fsp3) is 0.750. The molecule has 0 aromatic carbocycles. The third kappa shape index (κ3) is 4.19. The Morgan fingerprint density at radius 1 is 1.47 bits per heavy atom. The Hall–Kier alpha value is -0.770. The van der Waals surface area contributed by atoms with Gasteiger partial charge in [0, 0.05) is 6.42 Å². The minimum atomic E-state index is -4.10. The second-order valence-electron chi connectivity index (χ2n) is 3.34. The van der Waals surface area contributed by atoms with E-state index in [0.29, 0.717) is 12.8 Å². The van der Waals surface area contributed by atoms with Gasteiger partial charge in [0.05, 0.1) is 0 Å². The normalized spacial score (nSPS) is 21.4. The molecule has 0 aliphatic heterocycles. The number of carbonyl (C=O) groups is 2. The van der Waals surface area contributed by atoms with Gasteiger partial charge in [0.2, 0.25) is 0 Å². The van der Waals surface area contributed by atoms with Crippen LogP contribution in [0.4, 0.5) is 8.78 Å². The summed E-state index contributed by atoms with van der Waals surface area (Å²) in [5.41, 5.74) is 0. The monoisotopic (exact) mass is 271 g/mol.